The van der Waals surface area contributed by atoms with Crippen molar-refractivity contribution in [2.24, 2.45) is 11.3 Å². The molecule has 1 saturated heterocycles. The van der Waals surface area contributed by atoms with Crippen LogP contribution in [-0.2, 0) is 0 Å². The largest absolute Gasteiger partial charge is 0.316 e. The van der Waals surface area contributed by atoms with E-state index < -0.39 is 0 Å². The summed E-state index contributed by atoms with van der Waals surface area (Å²) in [6.45, 7) is 11.0. The number of nitrogens with one attached hydrogen (secondary N) is 1. The lowest BCUT2D eigenvalue weighted by atomic mass is 9.73. The molecular formula is C16H32N2. The van der Waals surface area contributed by atoms with Gasteiger partial charge in [0.1, 0.15) is 0 Å². The zero-order chi connectivity index (χ0) is 12.8. The fraction of sp³-hybridized carbons (Fsp3) is 1.00. The molecule has 1 aliphatic carbocycles. The third-order valence-electron chi connectivity index (χ3n) is 5.17. The Labute approximate surface area is 114 Å². The Morgan fingerprint density at radius 2 is 1.94 bits per heavy atom. The highest BCUT2D eigenvalue weighted by atomic mass is 15.2. The first-order chi connectivity index (χ1) is 8.78. The Bertz CT molecular complexity index is 233. The highest BCUT2D eigenvalue weighted by molar-refractivity contribution is 4.89. The van der Waals surface area contributed by atoms with E-state index in [0.717, 1.165) is 12.5 Å². The topological polar surface area (TPSA) is 15.3 Å². The van der Waals surface area contributed by atoms with Crippen molar-refractivity contribution in [1.82, 2.24) is 10.2 Å². The fourth-order valence-corrected chi connectivity index (χ4v) is 3.95. The van der Waals surface area contributed by atoms with E-state index in [1.165, 1.54) is 71.1 Å². The summed E-state index contributed by atoms with van der Waals surface area (Å²) >= 11 is 0. The summed E-state index contributed by atoms with van der Waals surface area (Å²) in [6, 6.07) is 0. The lowest BCUT2D eigenvalue weighted by molar-refractivity contribution is 0.115. The monoisotopic (exact) mass is 252 g/mol. The normalized spacial score (nSPS) is 28.7. The van der Waals surface area contributed by atoms with E-state index in [9.17, 15) is 0 Å². The summed E-state index contributed by atoms with van der Waals surface area (Å²) < 4.78 is 0. The minimum absolute atomic E-state index is 0.594. The molecule has 0 amide bonds. The maximum atomic E-state index is 3.63. The molecule has 2 fully saturated rings. The standard InChI is InChI=1S/C16H32N2/c1-3-15-8-11-18(12-15)14-16(13-17-4-2)9-6-5-7-10-16/h15,17H,3-14H2,1-2H3. The maximum absolute atomic E-state index is 3.63. The van der Waals surface area contributed by atoms with Crippen LogP contribution in [0.2, 0.25) is 0 Å². The van der Waals surface area contributed by atoms with Crippen LogP contribution >= 0.6 is 0 Å². The minimum Gasteiger partial charge on any atom is -0.316 e. The molecular weight excluding hydrogens is 220 g/mol. The van der Waals surface area contributed by atoms with E-state index in [-0.39, 0.29) is 0 Å². The van der Waals surface area contributed by atoms with Crippen LogP contribution in [0.5, 0.6) is 0 Å². The molecule has 2 aliphatic rings. The van der Waals surface area contributed by atoms with Crippen molar-refractivity contribution in [3.8, 4) is 0 Å². The SMILES string of the molecule is CCNCC1(CN2CCC(CC)C2)CCCCC1. The number of hydrogen-bond acceptors (Lipinski definition) is 2. The first kappa shape index (κ1) is 14.3. The second-order valence-electron chi connectivity index (χ2n) is 6.64. The lowest BCUT2D eigenvalue weighted by Crippen LogP contribution is -2.44. The average molecular weight is 252 g/mol. The van der Waals surface area contributed by atoms with E-state index in [0.29, 0.717) is 5.41 Å². The Kier molecular flexibility index (Phi) is 5.50. The molecule has 0 bridgehead atoms. The van der Waals surface area contributed by atoms with E-state index in [1.54, 1.807) is 0 Å². The molecule has 18 heavy (non-hydrogen) atoms. The van der Waals surface area contributed by atoms with Gasteiger partial charge in [-0.15, -0.1) is 0 Å². The van der Waals surface area contributed by atoms with Crippen molar-refractivity contribution in [2.45, 2.75) is 58.8 Å². The summed E-state index contributed by atoms with van der Waals surface area (Å²) in [4.78, 5) is 2.76. The Balaban J connectivity index is 1.88. The number of likely N-dealkylation sites (tertiary alicyclic amines) is 1. The predicted molar refractivity (Wildman–Crippen MR) is 78.9 cm³/mol. The van der Waals surface area contributed by atoms with Gasteiger partial charge in [-0.25, -0.2) is 0 Å². The molecule has 0 aromatic carbocycles. The lowest BCUT2D eigenvalue weighted by Gasteiger charge is -2.40. The van der Waals surface area contributed by atoms with Crippen LogP contribution < -0.4 is 5.32 Å². The first-order valence-electron chi connectivity index (χ1n) is 8.21. The van der Waals surface area contributed by atoms with Crippen molar-refractivity contribution < 1.29 is 0 Å². The molecule has 1 N–H and O–H groups in total. The zero-order valence-corrected chi connectivity index (χ0v) is 12.5. The zero-order valence-electron chi connectivity index (χ0n) is 12.5. The molecule has 1 unspecified atom stereocenters. The van der Waals surface area contributed by atoms with Gasteiger partial charge >= 0.3 is 0 Å². The van der Waals surface area contributed by atoms with Gasteiger partial charge in [0.15, 0.2) is 0 Å². The van der Waals surface area contributed by atoms with Gasteiger partial charge in [0.05, 0.1) is 0 Å². The van der Waals surface area contributed by atoms with Gasteiger partial charge in [0.25, 0.3) is 0 Å². The van der Waals surface area contributed by atoms with Gasteiger partial charge in [-0.3, -0.25) is 0 Å². The van der Waals surface area contributed by atoms with E-state index in [4.69, 9.17) is 0 Å². The van der Waals surface area contributed by atoms with Gasteiger partial charge in [0, 0.05) is 19.6 Å². The highest BCUT2D eigenvalue weighted by Gasteiger charge is 2.35. The van der Waals surface area contributed by atoms with Gasteiger partial charge < -0.3 is 10.2 Å². The molecule has 1 heterocycles. The van der Waals surface area contributed by atoms with Crippen LogP contribution in [0.1, 0.15) is 58.8 Å². The maximum Gasteiger partial charge on any atom is 0.00503 e. The van der Waals surface area contributed by atoms with Crippen LogP contribution in [0.15, 0.2) is 0 Å². The third kappa shape index (κ3) is 3.71. The molecule has 0 aromatic heterocycles. The van der Waals surface area contributed by atoms with Crippen molar-refractivity contribution in [2.75, 3.05) is 32.7 Å². The number of hydrogen-bond donors (Lipinski definition) is 1. The Morgan fingerprint density at radius 1 is 1.17 bits per heavy atom. The second-order valence-corrected chi connectivity index (χ2v) is 6.64. The van der Waals surface area contributed by atoms with Crippen molar-refractivity contribution >= 4 is 0 Å². The van der Waals surface area contributed by atoms with Gasteiger partial charge in [-0.05, 0) is 43.7 Å². The minimum atomic E-state index is 0.594. The van der Waals surface area contributed by atoms with Crippen LogP contribution in [0, 0.1) is 11.3 Å². The summed E-state index contributed by atoms with van der Waals surface area (Å²) in [5.41, 5.74) is 0.594. The van der Waals surface area contributed by atoms with Crippen LogP contribution in [0.3, 0.4) is 0 Å². The molecule has 0 aromatic rings. The van der Waals surface area contributed by atoms with Gasteiger partial charge in [-0.2, -0.15) is 0 Å². The van der Waals surface area contributed by atoms with Crippen LogP contribution in [-0.4, -0.2) is 37.6 Å². The Morgan fingerprint density at radius 3 is 2.56 bits per heavy atom. The highest BCUT2D eigenvalue weighted by Crippen LogP contribution is 2.37. The van der Waals surface area contributed by atoms with Gasteiger partial charge in [0.2, 0.25) is 0 Å². The van der Waals surface area contributed by atoms with Gasteiger partial charge in [-0.1, -0.05) is 39.5 Å². The van der Waals surface area contributed by atoms with Crippen molar-refractivity contribution in [1.29, 1.82) is 0 Å². The molecule has 2 heteroatoms. The molecule has 2 rings (SSSR count). The second kappa shape index (κ2) is 6.91. The summed E-state index contributed by atoms with van der Waals surface area (Å²) in [5, 5.41) is 3.63. The smallest absolute Gasteiger partial charge is 0.00503 e. The first-order valence-corrected chi connectivity index (χ1v) is 8.21. The van der Waals surface area contributed by atoms with E-state index >= 15 is 0 Å². The molecule has 1 atom stereocenters. The number of rotatable bonds is 6. The fourth-order valence-electron chi connectivity index (χ4n) is 3.95. The molecule has 0 radical (unpaired) electrons. The molecule has 2 nitrogen and oxygen atoms in total. The Hall–Kier alpha value is -0.0800. The van der Waals surface area contributed by atoms with Crippen LogP contribution in [0.25, 0.3) is 0 Å². The third-order valence-corrected chi connectivity index (χ3v) is 5.17. The predicted octanol–water partition coefficient (Wildman–Crippen LogP) is 3.28. The summed E-state index contributed by atoms with van der Waals surface area (Å²) in [7, 11) is 0. The molecule has 1 saturated carbocycles. The van der Waals surface area contributed by atoms with Crippen LogP contribution in [0.4, 0.5) is 0 Å². The molecule has 106 valence electrons. The van der Waals surface area contributed by atoms with E-state index in [2.05, 4.69) is 24.1 Å². The summed E-state index contributed by atoms with van der Waals surface area (Å²) in [5.74, 6) is 0.977. The average Bonchev–Trinajstić information content (AvgIpc) is 2.85. The van der Waals surface area contributed by atoms with Crippen molar-refractivity contribution in [3.63, 3.8) is 0 Å². The molecule has 0 spiro atoms. The van der Waals surface area contributed by atoms with Crippen molar-refractivity contribution in [3.05, 3.63) is 0 Å². The number of nitrogens with zero attached hydrogens (tertiary/aromatic N) is 1. The summed E-state index contributed by atoms with van der Waals surface area (Å²) in [6.07, 6.45) is 10.1. The quantitative estimate of drug-likeness (QED) is 0.780. The van der Waals surface area contributed by atoms with E-state index in [1.807, 2.05) is 0 Å². The molecule has 1 aliphatic heterocycles.